The third-order valence-corrected chi connectivity index (χ3v) is 2.40. The first-order chi connectivity index (χ1) is 6.83. The average Bonchev–Trinajstić information content (AvgIpc) is 2.54. The van der Waals surface area contributed by atoms with E-state index in [-0.39, 0.29) is 18.7 Å². The predicted molar refractivity (Wildman–Crippen MR) is 50.9 cm³/mol. The lowest BCUT2D eigenvalue weighted by Gasteiger charge is -2.08. The minimum atomic E-state index is -0.247. The molecule has 0 aliphatic carbocycles. The Labute approximate surface area is 82.3 Å². The summed E-state index contributed by atoms with van der Waals surface area (Å²) < 4.78 is 5.18. The number of aliphatic hydroxyl groups excluding tert-OH is 1. The quantitative estimate of drug-likeness (QED) is 0.741. The highest BCUT2D eigenvalue weighted by Gasteiger charge is 2.29. The number of cyclic esters (lactones) is 1. The number of rotatable bonds is 3. The molecule has 1 atom stereocenters. The van der Waals surface area contributed by atoms with Gasteiger partial charge < -0.3 is 9.84 Å². The molecule has 0 amide bonds. The van der Waals surface area contributed by atoms with E-state index in [1.165, 1.54) is 0 Å². The molecule has 1 aromatic rings. The third-order valence-electron chi connectivity index (χ3n) is 2.40. The summed E-state index contributed by atoms with van der Waals surface area (Å²) in [5, 5.41) is 8.70. The minimum absolute atomic E-state index is 0.135. The van der Waals surface area contributed by atoms with Crippen LogP contribution in [0.3, 0.4) is 0 Å². The second kappa shape index (κ2) is 3.80. The van der Waals surface area contributed by atoms with E-state index in [1.807, 2.05) is 18.2 Å². The van der Waals surface area contributed by atoms with Crippen LogP contribution in [0.15, 0.2) is 24.3 Å². The van der Waals surface area contributed by atoms with Crippen LogP contribution < -0.4 is 0 Å². The third kappa shape index (κ3) is 1.51. The molecule has 1 unspecified atom stereocenters. The van der Waals surface area contributed by atoms with E-state index >= 15 is 0 Å². The van der Waals surface area contributed by atoms with Gasteiger partial charge in [-0.1, -0.05) is 18.2 Å². The van der Waals surface area contributed by atoms with Crippen LogP contribution in [0, 0.1) is 0 Å². The Kier molecular flexibility index (Phi) is 2.50. The highest BCUT2D eigenvalue weighted by Crippen LogP contribution is 2.33. The van der Waals surface area contributed by atoms with E-state index in [4.69, 9.17) is 9.84 Å². The average molecular weight is 192 g/mol. The fourth-order valence-corrected chi connectivity index (χ4v) is 1.71. The summed E-state index contributed by atoms with van der Waals surface area (Å²) in [5.41, 5.74) is 1.61. The van der Waals surface area contributed by atoms with Crippen molar-refractivity contribution < 1.29 is 14.6 Å². The van der Waals surface area contributed by atoms with Gasteiger partial charge in [-0.2, -0.15) is 0 Å². The standard InChI is InChI=1S/C11H12O3/c12-7-3-6-10-8-4-1-2-5-9(8)11(13)14-10/h1-2,4-5,10,12H,3,6-7H2. The zero-order chi connectivity index (χ0) is 9.97. The molecule has 0 spiro atoms. The summed E-state index contributed by atoms with van der Waals surface area (Å²) in [6.07, 6.45) is 1.19. The fraction of sp³-hybridized carbons (Fsp3) is 0.364. The van der Waals surface area contributed by atoms with Crippen LogP contribution in [-0.4, -0.2) is 17.7 Å². The molecule has 1 aliphatic rings. The van der Waals surface area contributed by atoms with Gasteiger partial charge in [-0.25, -0.2) is 4.79 Å². The van der Waals surface area contributed by atoms with Crippen LogP contribution in [0.1, 0.15) is 34.9 Å². The van der Waals surface area contributed by atoms with Crippen LogP contribution in [0.2, 0.25) is 0 Å². The largest absolute Gasteiger partial charge is 0.454 e. The summed E-state index contributed by atoms with van der Waals surface area (Å²) in [6, 6.07) is 7.40. The molecule has 1 aromatic carbocycles. The molecular weight excluding hydrogens is 180 g/mol. The van der Waals surface area contributed by atoms with Gasteiger partial charge in [0, 0.05) is 12.2 Å². The van der Waals surface area contributed by atoms with E-state index in [9.17, 15) is 4.79 Å². The Morgan fingerprint density at radius 1 is 1.36 bits per heavy atom. The number of aliphatic hydroxyl groups is 1. The molecule has 3 heteroatoms. The van der Waals surface area contributed by atoms with E-state index in [0.717, 1.165) is 5.56 Å². The van der Waals surface area contributed by atoms with Crippen molar-refractivity contribution in [3.8, 4) is 0 Å². The van der Waals surface area contributed by atoms with Crippen molar-refractivity contribution in [2.24, 2.45) is 0 Å². The Morgan fingerprint density at radius 3 is 2.93 bits per heavy atom. The van der Waals surface area contributed by atoms with E-state index in [0.29, 0.717) is 18.4 Å². The molecule has 0 saturated carbocycles. The van der Waals surface area contributed by atoms with Gasteiger partial charge in [0.05, 0.1) is 5.56 Å². The molecule has 3 nitrogen and oxygen atoms in total. The van der Waals surface area contributed by atoms with Gasteiger partial charge in [-0.15, -0.1) is 0 Å². The summed E-state index contributed by atoms with van der Waals surface area (Å²) in [7, 11) is 0. The molecule has 2 rings (SSSR count). The van der Waals surface area contributed by atoms with Crippen molar-refractivity contribution in [3.63, 3.8) is 0 Å². The molecule has 1 aliphatic heterocycles. The van der Waals surface area contributed by atoms with Crippen molar-refractivity contribution in [2.45, 2.75) is 18.9 Å². The SMILES string of the molecule is O=C1OC(CCCO)c2ccccc21. The second-order valence-corrected chi connectivity index (χ2v) is 3.35. The molecule has 0 radical (unpaired) electrons. The maximum atomic E-state index is 11.4. The maximum Gasteiger partial charge on any atom is 0.339 e. The summed E-state index contributed by atoms with van der Waals surface area (Å²) in [5.74, 6) is -0.247. The number of esters is 1. The van der Waals surface area contributed by atoms with Crippen molar-refractivity contribution in [1.29, 1.82) is 0 Å². The smallest absolute Gasteiger partial charge is 0.339 e. The van der Waals surface area contributed by atoms with Crippen molar-refractivity contribution in [1.82, 2.24) is 0 Å². The van der Waals surface area contributed by atoms with Crippen LogP contribution >= 0.6 is 0 Å². The van der Waals surface area contributed by atoms with E-state index in [2.05, 4.69) is 0 Å². The first-order valence-corrected chi connectivity index (χ1v) is 4.73. The Balaban J connectivity index is 2.21. The fourth-order valence-electron chi connectivity index (χ4n) is 1.71. The highest BCUT2D eigenvalue weighted by atomic mass is 16.5. The summed E-state index contributed by atoms with van der Waals surface area (Å²) in [4.78, 5) is 11.4. The Morgan fingerprint density at radius 2 is 2.14 bits per heavy atom. The number of benzene rings is 1. The van der Waals surface area contributed by atoms with Crippen LogP contribution in [0.5, 0.6) is 0 Å². The summed E-state index contributed by atoms with van der Waals surface area (Å²) in [6.45, 7) is 0.135. The first kappa shape index (κ1) is 9.21. The lowest BCUT2D eigenvalue weighted by atomic mass is 10.0. The molecular formula is C11H12O3. The number of hydrogen-bond acceptors (Lipinski definition) is 3. The highest BCUT2D eigenvalue weighted by molar-refractivity contribution is 5.93. The molecule has 0 fully saturated rings. The second-order valence-electron chi connectivity index (χ2n) is 3.35. The molecule has 1 heterocycles. The molecule has 74 valence electrons. The molecule has 14 heavy (non-hydrogen) atoms. The number of hydrogen-bond donors (Lipinski definition) is 1. The van der Waals surface area contributed by atoms with Gasteiger partial charge >= 0.3 is 5.97 Å². The van der Waals surface area contributed by atoms with Crippen LogP contribution in [0.4, 0.5) is 0 Å². The zero-order valence-corrected chi connectivity index (χ0v) is 7.77. The van der Waals surface area contributed by atoms with Gasteiger partial charge in [0.15, 0.2) is 0 Å². The van der Waals surface area contributed by atoms with Crippen molar-refractivity contribution in [2.75, 3.05) is 6.61 Å². The number of fused-ring (bicyclic) bond motifs is 1. The first-order valence-electron chi connectivity index (χ1n) is 4.73. The molecule has 1 N–H and O–H groups in total. The van der Waals surface area contributed by atoms with Crippen LogP contribution in [0.25, 0.3) is 0 Å². The number of ether oxygens (including phenoxy) is 1. The Bertz CT molecular complexity index is 346. The van der Waals surface area contributed by atoms with E-state index < -0.39 is 0 Å². The monoisotopic (exact) mass is 192 g/mol. The molecule has 0 saturated heterocycles. The van der Waals surface area contributed by atoms with Gasteiger partial charge in [0.1, 0.15) is 6.10 Å². The maximum absolute atomic E-state index is 11.4. The van der Waals surface area contributed by atoms with Gasteiger partial charge in [0.25, 0.3) is 0 Å². The minimum Gasteiger partial charge on any atom is -0.454 e. The van der Waals surface area contributed by atoms with Gasteiger partial charge in [-0.3, -0.25) is 0 Å². The normalized spacial score (nSPS) is 19.2. The predicted octanol–water partition coefficient (Wildman–Crippen LogP) is 1.67. The van der Waals surface area contributed by atoms with Crippen molar-refractivity contribution >= 4 is 5.97 Å². The van der Waals surface area contributed by atoms with Crippen molar-refractivity contribution in [3.05, 3.63) is 35.4 Å². The zero-order valence-electron chi connectivity index (χ0n) is 7.77. The lowest BCUT2D eigenvalue weighted by molar-refractivity contribution is 0.0354. The van der Waals surface area contributed by atoms with Gasteiger partial charge in [-0.05, 0) is 18.9 Å². The molecule has 0 aromatic heterocycles. The lowest BCUT2D eigenvalue weighted by Crippen LogP contribution is -1.99. The van der Waals surface area contributed by atoms with Crippen LogP contribution in [-0.2, 0) is 4.74 Å². The Hall–Kier alpha value is -1.35. The number of carbonyl (C=O) groups excluding carboxylic acids is 1. The molecule has 0 bridgehead atoms. The van der Waals surface area contributed by atoms with E-state index in [1.54, 1.807) is 6.07 Å². The number of carbonyl (C=O) groups is 1. The summed E-state index contributed by atoms with van der Waals surface area (Å²) >= 11 is 0. The van der Waals surface area contributed by atoms with Gasteiger partial charge in [0.2, 0.25) is 0 Å². The topological polar surface area (TPSA) is 46.5 Å².